The lowest BCUT2D eigenvalue weighted by Crippen LogP contribution is -2.25. The number of aromatic carboxylic acids is 1. The molecule has 104 valence electrons. The predicted molar refractivity (Wildman–Crippen MR) is 65.5 cm³/mol. The normalized spacial score (nSPS) is 16.5. The van der Waals surface area contributed by atoms with E-state index in [-0.39, 0.29) is 28.8 Å². The standard InChI is InChI=1S/C13H9F2NO4/c14-13(15)4-6-20-9-2-1-7(12(18)19)10-8(17)3-5-16(13)11(9)10/h1-3,5H,4,6H2,(H,18,19). The zero-order chi connectivity index (χ0) is 14.5. The van der Waals surface area contributed by atoms with E-state index in [2.05, 4.69) is 0 Å². The van der Waals surface area contributed by atoms with Crippen molar-refractivity contribution < 1.29 is 23.4 Å². The number of carboxylic acids is 1. The molecule has 1 aliphatic heterocycles. The third-order valence-electron chi connectivity index (χ3n) is 3.25. The highest BCUT2D eigenvalue weighted by atomic mass is 19.3. The molecule has 1 aromatic heterocycles. The molecule has 0 saturated carbocycles. The first kappa shape index (κ1) is 12.6. The number of nitrogens with zero attached hydrogens (tertiary/aromatic N) is 1. The minimum Gasteiger partial charge on any atom is -0.491 e. The van der Waals surface area contributed by atoms with Crippen molar-refractivity contribution in [3.63, 3.8) is 0 Å². The summed E-state index contributed by atoms with van der Waals surface area (Å²) in [5.41, 5.74) is -1.12. The van der Waals surface area contributed by atoms with Gasteiger partial charge in [0.15, 0.2) is 5.43 Å². The Morgan fingerprint density at radius 1 is 1.35 bits per heavy atom. The summed E-state index contributed by atoms with van der Waals surface area (Å²) in [4.78, 5) is 23.1. The third kappa shape index (κ3) is 1.66. The van der Waals surface area contributed by atoms with Gasteiger partial charge in [-0.25, -0.2) is 4.79 Å². The van der Waals surface area contributed by atoms with Crippen LogP contribution in [0.15, 0.2) is 29.2 Å². The lowest BCUT2D eigenvalue weighted by molar-refractivity contribution is -0.0886. The van der Waals surface area contributed by atoms with Crippen molar-refractivity contribution in [2.75, 3.05) is 6.61 Å². The molecule has 0 spiro atoms. The number of hydrogen-bond acceptors (Lipinski definition) is 3. The van der Waals surface area contributed by atoms with Gasteiger partial charge >= 0.3 is 12.0 Å². The summed E-state index contributed by atoms with van der Waals surface area (Å²) in [6.07, 6.45) is 0.413. The summed E-state index contributed by atoms with van der Waals surface area (Å²) in [6.45, 7) is -0.218. The molecule has 0 aliphatic carbocycles. The second-order valence-electron chi connectivity index (χ2n) is 4.45. The van der Waals surface area contributed by atoms with Crippen molar-refractivity contribution in [3.05, 3.63) is 40.2 Å². The van der Waals surface area contributed by atoms with Gasteiger partial charge in [-0.05, 0) is 12.1 Å². The van der Waals surface area contributed by atoms with Crippen molar-refractivity contribution in [2.24, 2.45) is 0 Å². The highest BCUT2D eigenvalue weighted by Gasteiger charge is 2.36. The lowest BCUT2D eigenvalue weighted by Gasteiger charge is -2.19. The maximum Gasteiger partial charge on any atom is 0.336 e. The first-order valence-corrected chi connectivity index (χ1v) is 5.84. The number of pyridine rings is 1. The van der Waals surface area contributed by atoms with Gasteiger partial charge in [0.1, 0.15) is 11.3 Å². The van der Waals surface area contributed by atoms with Crippen molar-refractivity contribution >= 4 is 16.9 Å². The van der Waals surface area contributed by atoms with Gasteiger partial charge in [-0.15, -0.1) is 0 Å². The fourth-order valence-electron chi connectivity index (χ4n) is 2.33. The number of hydrogen-bond donors (Lipinski definition) is 1. The Morgan fingerprint density at radius 2 is 2.10 bits per heavy atom. The zero-order valence-corrected chi connectivity index (χ0v) is 10.1. The van der Waals surface area contributed by atoms with Gasteiger partial charge in [-0.3, -0.25) is 9.36 Å². The van der Waals surface area contributed by atoms with E-state index in [0.29, 0.717) is 4.57 Å². The van der Waals surface area contributed by atoms with E-state index in [1.165, 1.54) is 12.1 Å². The summed E-state index contributed by atoms with van der Waals surface area (Å²) in [7, 11) is 0. The van der Waals surface area contributed by atoms with Crippen LogP contribution in [-0.4, -0.2) is 22.2 Å². The van der Waals surface area contributed by atoms with Gasteiger partial charge < -0.3 is 9.84 Å². The van der Waals surface area contributed by atoms with E-state index >= 15 is 0 Å². The summed E-state index contributed by atoms with van der Waals surface area (Å²) in [5, 5.41) is 8.84. The molecule has 20 heavy (non-hydrogen) atoms. The first-order chi connectivity index (χ1) is 9.42. The summed E-state index contributed by atoms with van der Waals surface area (Å²) < 4.78 is 33.9. The Kier molecular flexibility index (Phi) is 2.53. The molecular formula is C13H9F2NO4. The summed E-state index contributed by atoms with van der Waals surface area (Å²) in [5.74, 6) is -1.26. The molecule has 1 aromatic carbocycles. The smallest absolute Gasteiger partial charge is 0.336 e. The van der Waals surface area contributed by atoms with E-state index in [0.717, 1.165) is 12.3 Å². The Labute approximate surface area is 111 Å². The number of halogens is 2. The molecule has 0 atom stereocenters. The maximum atomic E-state index is 14.0. The molecule has 0 bridgehead atoms. The van der Waals surface area contributed by atoms with Crippen LogP contribution in [-0.2, 0) is 6.05 Å². The van der Waals surface area contributed by atoms with Crippen LogP contribution in [0.3, 0.4) is 0 Å². The van der Waals surface area contributed by atoms with Crippen LogP contribution in [0, 0.1) is 0 Å². The molecule has 0 unspecified atom stereocenters. The monoisotopic (exact) mass is 281 g/mol. The fourth-order valence-corrected chi connectivity index (χ4v) is 2.33. The maximum absolute atomic E-state index is 14.0. The molecule has 7 heteroatoms. The quantitative estimate of drug-likeness (QED) is 0.868. The van der Waals surface area contributed by atoms with Crippen LogP contribution in [0.1, 0.15) is 16.8 Å². The molecule has 1 aliphatic rings. The second kappa shape index (κ2) is 4.03. The van der Waals surface area contributed by atoms with Crippen LogP contribution in [0.5, 0.6) is 5.75 Å². The Balaban J connectivity index is 2.54. The van der Waals surface area contributed by atoms with Crippen LogP contribution in [0.4, 0.5) is 8.78 Å². The number of ether oxygens (including phenoxy) is 1. The van der Waals surface area contributed by atoms with Gasteiger partial charge in [-0.1, -0.05) is 0 Å². The lowest BCUT2D eigenvalue weighted by atomic mass is 10.1. The molecule has 0 saturated heterocycles. The Hall–Kier alpha value is -2.44. The summed E-state index contributed by atoms with van der Waals surface area (Å²) >= 11 is 0. The number of benzene rings is 1. The van der Waals surface area contributed by atoms with Gasteiger partial charge in [0.2, 0.25) is 0 Å². The Morgan fingerprint density at radius 3 is 2.80 bits per heavy atom. The number of carboxylic acid groups (broad SMARTS) is 1. The zero-order valence-electron chi connectivity index (χ0n) is 10.1. The molecule has 2 aromatic rings. The third-order valence-corrected chi connectivity index (χ3v) is 3.25. The number of carbonyl (C=O) groups is 1. The molecule has 1 N–H and O–H groups in total. The first-order valence-electron chi connectivity index (χ1n) is 5.84. The number of aromatic nitrogens is 1. The van der Waals surface area contributed by atoms with E-state index in [1.807, 2.05) is 0 Å². The molecule has 3 rings (SSSR count). The molecule has 5 nitrogen and oxygen atoms in total. The minimum absolute atomic E-state index is 0.0832. The molecular weight excluding hydrogens is 272 g/mol. The Bertz CT molecular complexity index is 782. The van der Waals surface area contributed by atoms with Crippen molar-refractivity contribution in [1.29, 1.82) is 0 Å². The molecule has 0 radical (unpaired) electrons. The van der Waals surface area contributed by atoms with Crippen LogP contribution >= 0.6 is 0 Å². The average molecular weight is 281 g/mol. The molecule has 0 amide bonds. The van der Waals surface area contributed by atoms with Gasteiger partial charge in [0, 0.05) is 12.3 Å². The van der Waals surface area contributed by atoms with E-state index in [9.17, 15) is 18.4 Å². The van der Waals surface area contributed by atoms with E-state index in [4.69, 9.17) is 9.84 Å². The minimum atomic E-state index is -3.24. The number of rotatable bonds is 1. The fraction of sp³-hybridized carbons (Fsp3) is 0.231. The van der Waals surface area contributed by atoms with Crippen molar-refractivity contribution in [3.8, 4) is 5.75 Å². The van der Waals surface area contributed by atoms with E-state index in [1.54, 1.807) is 0 Å². The van der Waals surface area contributed by atoms with Gasteiger partial charge in [-0.2, -0.15) is 8.78 Å². The van der Waals surface area contributed by atoms with E-state index < -0.39 is 23.9 Å². The summed E-state index contributed by atoms with van der Waals surface area (Å²) in [6, 6.07) is 0.185. The van der Waals surface area contributed by atoms with Crippen molar-refractivity contribution in [1.82, 2.24) is 4.57 Å². The van der Waals surface area contributed by atoms with Crippen LogP contribution < -0.4 is 10.2 Å². The number of alkyl halides is 2. The average Bonchev–Trinajstić information content (AvgIpc) is 2.50. The molecule has 0 fully saturated rings. The second-order valence-corrected chi connectivity index (χ2v) is 4.45. The van der Waals surface area contributed by atoms with Crippen LogP contribution in [0.25, 0.3) is 10.9 Å². The van der Waals surface area contributed by atoms with Gasteiger partial charge in [0.05, 0.1) is 24.0 Å². The predicted octanol–water partition coefficient (Wildman–Crippen LogP) is 2.03. The topological polar surface area (TPSA) is 68.5 Å². The SMILES string of the molecule is O=C(O)c1ccc2c3c1c(=O)ccn3C(F)(F)CCO2. The highest BCUT2D eigenvalue weighted by molar-refractivity contribution is 6.04. The largest absolute Gasteiger partial charge is 0.491 e. The van der Waals surface area contributed by atoms with Crippen molar-refractivity contribution in [2.45, 2.75) is 12.5 Å². The molecule has 2 heterocycles. The highest BCUT2D eigenvalue weighted by Crippen LogP contribution is 2.36. The van der Waals surface area contributed by atoms with Crippen LogP contribution in [0.2, 0.25) is 0 Å². The van der Waals surface area contributed by atoms with Gasteiger partial charge in [0.25, 0.3) is 0 Å².